The second kappa shape index (κ2) is 6.67. The third-order valence-corrected chi connectivity index (χ3v) is 5.04. The van der Waals surface area contributed by atoms with Crippen molar-refractivity contribution in [2.75, 3.05) is 19.8 Å². The van der Waals surface area contributed by atoms with Crippen LogP contribution in [0.4, 0.5) is 0 Å². The van der Waals surface area contributed by atoms with Crippen molar-refractivity contribution in [1.82, 2.24) is 4.72 Å². The average molecular weight is 298 g/mol. The summed E-state index contributed by atoms with van der Waals surface area (Å²) in [5.74, 6) is 0.269. The van der Waals surface area contributed by atoms with E-state index in [1.807, 2.05) is 13.0 Å². The maximum atomic E-state index is 12.3. The minimum absolute atomic E-state index is 0.131. The quantitative estimate of drug-likeness (QED) is 0.832. The largest absolute Gasteiger partial charge is 0.381 e. The van der Waals surface area contributed by atoms with Gasteiger partial charge in [0.05, 0.1) is 11.5 Å². The van der Waals surface area contributed by atoms with Crippen LogP contribution in [-0.2, 0) is 14.8 Å². The van der Waals surface area contributed by atoms with Crippen LogP contribution in [0.25, 0.3) is 0 Å². The molecule has 112 valence electrons. The molecule has 0 amide bonds. The number of nitrogens with one attached hydrogen (secondary N) is 1. The molecule has 1 aliphatic rings. The number of ether oxygens (including phenoxy) is 1. The summed E-state index contributed by atoms with van der Waals surface area (Å²) in [5, 5.41) is 0. The number of hydrogen-bond acceptors (Lipinski definition) is 4. The highest BCUT2D eigenvalue weighted by atomic mass is 32.2. The Morgan fingerprint density at radius 2 is 2.30 bits per heavy atom. The number of nitrogens with two attached hydrogens (primary N) is 1. The van der Waals surface area contributed by atoms with E-state index in [0.29, 0.717) is 19.8 Å². The van der Waals surface area contributed by atoms with Gasteiger partial charge in [-0.1, -0.05) is 19.1 Å². The van der Waals surface area contributed by atoms with Crippen molar-refractivity contribution < 1.29 is 13.2 Å². The minimum Gasteiger partial charge on any atom is -0.381 e. The molecule has 0 bridgehead atoms. The number of sulfonamides is 1. The molecule has 0 saturated carbocycles. The van der Waals surface area contributed by atoms with Gasteiger partial charge in [0, 0.05) is 19.2 Å². The van der Waals surface area contributed by atoms with Crippen LogP contribution in [0.5, 0.6) is 0 Å². The van der Waals surface area contributed by atoms with E-state index in [4.69, 9.17) is 10.5 Å². The highest BCUT2D eigenvalue weighted by molar-refractivity contribution is 7.89. The monoisotopic (exact) mass is 298 g/mol. The molecule has 0 aromatic heterocycles. The van der Waals surface area contributed by atoms with E-state index in [2.05, 4.69) is 4.72 Å². The zero-order valence-electron chi connectivity index (χ0n) is 11.7. The molecule has 2 atom stereocenters. The predicted octanol–water partition coefficient (Wildman–Crippen LogP) is 1.41. The molecule has 5 nitrogen and oxygen atoms in total. The molecule has 6 heteroatoms. The molecular formula is C14H22N2O3S. The molecule has 1 aromatic rings. The molecule has 0 spiro atoms. The molecular weight excluding hydrogens is 276 g/mol. The second-order valence-corrected chi connectivity index (χ2v) is 6.94. The van der Waals surface area contributed by atoms with Gasteiger partial charge in [-0.15, -0.1) is 0 Å². The van der Waals surface area contributed by atoms with Gasteiger partial charge in [0.1, 0.15) is 0 Å². The van der Waals surface area contributed by atoms with Crippen LogP contribution in [0.3, 0.4) is 0 Å². The van der Waals surface area contributed by atoms with Crippen molar-refractivity contribution in [3.8, 4) is 0 Å². The topological polar surface area (TPSA) is 81.4 Å². The Kier molecular flexibility index (Phi) is 5.15. The van der Waals surface area contributed by atoms with Crippen molar-refractivity contribution in [2.45, 2.75) is 30.7 Å². The van der Waals surface area contributed by atoms with E-state index in [-0.39, 0.29) is 16.9 Å². The van der Waals surface area contributed by atoms with Crippen LogP contribution in [0.15, 0.2) is 29.2 Å². The van der Waals surface area contributed by atoms with E-state index >= 15 is 0 Å². The van der Waals surface area contributed by atoms with Crippen LogP contribution >= 0.6 is 0 Å². The molecule has 0 radical (unpaired) electrons. The summed E-state index contributed by atoms with van der Waals surface area (Å²) >= 11 is 0. The molecule has 2 rings (SSSR count). The van der Waals surface area contributed by atoms with Gasteiger partial charge in [-0.2, -0.15) is 0 Å². The van der Waals surface area contributed by atoms with E-state index < -0.39 is 10.0 Å². The number of benzene rings is 1. The van der Waals surface area contributed by atoms with Crippen molar-refractivity contribution in [2.24, 2.45) is 11.7 Å². The van der Waals surface area contributed by atoms with E-state index in [1.54, 1.807) is 18.2 Å². The van der Waals surface area contributed by atoms with Crippen LogP contribution in [0.2, 0.25) is 0 Å². The summed E-state index contributed by atoms with van der Waals surface area (Å²) in [6.07, 6.45) is 1.68. The summed E-state index contributed by atoms with van der Waals surface area (Å²) in [7, 11) is -3.47. The predicted molar refractivity (Wildman–Crippen MR) is 77.8 cm³/mol. The first-order chi connectivity index (χ1) is 9.53. The fourth-order valence-corrected chi connectivity index (χ4v) is 3.37. The molecule has 1 aliphatic heterocycles. The Bertz CT molecular complexity index is 539. The van der Waals surface area contributed by atoms with E-state index in [1.165, 1.54) is 0 Å². The Morgan fingerprint density at radius 3 is 2.95 bits per heavy atom. The Hall–Kier alpha value is -0.950. The van der Waals surface area contributed by atoms with Gasteiger partial charge in [0.2, 0.25) is 10.0 Å². The minimum atomic E-state index is -3.47. The van der Waals surface area contributed by atoms with Gasteiger partial charge in [-0.25, -0.2) is 13.1 Å². The molecule has 1 heterocycles. The van der Waals surface area contributed by atoms with Crippen LogP contribution in [-0.4, -0.2) is 28.2 Å². The molecule has 0 aliphatic carbocycles. The van der Waals surface area contributed by atoms with E-state index in [9.17, 15) is 8.42 Å². The summed E-state index contributed by atoms with van der Waals surface area (Å²) in [4.78, 5) is 0.276. The summed E-state index contributed by atoms with van der Waals surface area (Å²) in [6, 6.07) is 6.71. The van der Waals surface area contributed by atoms with Gasteiger partial charge < -0.3 is 10.5 Å². The normalized spacial score (nSPS) is 21.0. The third-order valence-electron chi connectivity index (χ3n) is 3.62. The Morgan fingerprint density at radius 1 is 1.50 bits per heavy atom. The first kappa shape index (κ1) is 15.4. The Labute approximate surface area is 120 Å². The zero-order chi connectivity index (χ0) is 14.6. The van der Waals surface area contributed by atoms with Gasteiger partial charge in [0.25, 0.3) is 0 Å². The first-order valence-electron chi connectivity index (χ1n) is 6.96. The molecule has 1 fully saturated rings. The molecule has 1 saturated heterocycles. The number of hydrogen-bond donors (Lipinski definition) is 2. The first-order valence-corrected chi connectivity index (χ1v) is 8.44. The lowest BCUT2D eigenvalue weighted by atomic mass is 10.1. The molecule has 3 N–H and O–H groups in total. The fourth-order valence-electron chi connectivity index (χ4n) is 2.20. The summed E-state index contributed by atoms with van der Waals surface area (Å²) in [6.45, 7) is 3.74. The zero-order valence-corrected chi connectivity index (χ0v) is 12.5. The van der Waals surface area contributed by atoms with E-state index in [0.717, 1.165) is 18.4 Å². The van der Waals surface area contributed by atoms with Crippen molar-refractivity contribution in [1.29, 1.82) is 0 Å². The average Bonchev–Trinajstić information content (AvgIpc) is 2.98. The van der Waals surface area contributed by atoms with Crippen molar-refractivity contribution >= 4 is 10.0 Å². The number of rotatable bonds is 6. The summed E-state index contributed by atoms with van der Waals surface area (Å²) in [5.41, 5.74) is 6.80. The molecule has 2 unspecified atom stereocenters. The maximum Gasteiger partial charge on any atom is 0.240 e. The molecule has 20 heavy (non-hydrogen) atoms. The third kappa shape index (κ3) is 3.79. The summed E-state index contributed by atoms with van der Waals surface area (Å²) < 4.78 is 32.4. The van der Waals surface area contributed by atoms with Crippen LogP contribution in [0, 0.1) is 5.92 Å². The van der Waals surface area contributed by atoms with Crippen LogP contribution < -0.4 is 10.5 Å². The van der Waals surface area contributed by atoms with Gasteiger partial charge in [-0.3, -0.25) is 0 Å². The SMILES string of the molecule is CCC(N)c1cccc(S(=O)(=O)NCC2CCOC2)c1. The molecule has 1 aromatic carbocycles. The second-order valence-electron chi connectivity index (χ2n) is 5.17. The standard InChI is InChI=1S/C14H22N2O3S/c1-2-14(15)12-4-3-5-13(8-12)20(17,18)16-9-11-6-7-19-10-11/h3-5,8,11,14,16H,2,6-7,9-10,15H2,1H3. The highest BCUT2D eigenvalue weighted by Gasteiger charge is 2.20. The van der Waals surface area contributed by atoms with Crippen molar-refractivity contribution in [3.63, 3.8) is 0 Å². The van der Waals surface area contributed by atoms with Gasteiger partial charge in [0.15, 0.2) is 0 Å². The maximum absolute atomic E-state index is 12.3. The highest BCUT2D eigenvalue weighted by Crippen LogP contribution is 2.19. The van der Waals surface area contributed by atoms with Gasteiger partial charge >= 0.3 is 0 Å². The van der Waals surface area contributed by atoms with Gasteiger partial charge in [-0.05, 0) is 36.5 Å². The smallest absolute Gasteiger partial charge is 0.240 e. The lowest BCUT2D eigenvalue weighted by molar-refractivity contribution is 0.186. The fraction of sp³-hybridized carbons (Fsp3) is 0.571. The lowest BCUT2D eigenvalue weighted by Crippen LogP contribution is -2.29. The lowest BCUT2D eigenvalue weighted by Gasteiger charge is -2.13. The van der Waals surface area contributed by atoms with Crippen molar-refractivity contribution in [3.05, 3.63) is 29.8 Å². The Balaban J connectivity index is 2.08. The van der Waals surface area contributed by atoms with Crippen LogP contribution in [0.1, 0.15) is 31.4 Å².